The van der Waals surface area contributed by atoms with Gasteiger partial charge in [-0.2, -0.15) is 0 Å². The zero-order valence-electron chi connectivity index (χ0n) is 10.0. The highest BCUT2D eigenvalue weighted by Gasteiger charge is 2.18. The summed E-state index contributed by atoms with van der Waals surface area (Å²) in [6, 6.07) is 0.514. The van der Waals surface area contributed by atoms with Crippen molar-refractivity contribution in [2.24, 2.45) is 11.8 Å². The molecule has 1 atom stereocenters. The Morgan fingerprint density at radius 3 is 2.67 bits per heavy atom. The molecule has 90 valence electrons. The molecule has 1 unspecified atom stereocenters. The van der Waals surface area contributed by atoms with Gasteiger partial charge in [-0.1, -0.05) is 26.2 Å². The number of ether oxygens (including phenoxy) is 1. The summed E-state index contributed by atoms with van der Waals surface area (Å²) in [6.45, 7) is 4.12. The molecule has 0 spiro atoms. The molecular weight excluding hydrogens is 188 g/mol. The van der Waals surface area contributed by atoms with Crippen LogP contribution in [0, 0.1) is 5.92 Å². The van der Waals surface area contributed by atoms with Gasteiger partial charge < -0.3 is 4.74 Å². The lowest BCUT2D eigenvalue weighted by Crippen LogP contribution is -2.37. The third kappa shape index (κ3) is 5.50. The van der Waals surface area contributed by atoms with Crippen LogP contribution in [0.4, 0.5) is 0 Å². The first kappa shape index (κ1) is 12.9. The van der Waals surface area contributed by atoms with Crippen LogP contribution in [-0.4, -0.2) is 19.3 Å². The average molecular weight is 214 g/mol. The topological polar surface area (TPSA) is 47.3 Å². The Balaban J connectivity index is 2.13. The van der Waals surface area contributed by atoms with Crippen LogP contribution >= 0.6 is 0 Å². The van der Waals surface area contributed by atoms with Crippen LogP contribution in [0.1, 0.15) is 51.9 Å². The predicted molar refractivity (Wildman–Crippen MR) is 63.4 cm³/mol. The number of rotatable bonds is 7. The molecule has 0 aromatic rings. The normalized spacial score (nSPS) is 20.4. The highest BCUT2D eigenvalue weighted by molar-refractivity contribution is 4.72. The fraction of sp³-hybridized carbons (Fsp3) is 1.00. The van der Waals surface area contributed by atoms with E-state index in [0.29, 0.717) is 6.04 Å². The van der Waals surface area contributed by atoms with Gasteiger partial charge in [0.2, 0.25) is 0 Å². The van der Waals surface area contributed by atoms with E-state index in [4.69, 9.17) is 10.6 Å². The van der Waals surface area contributed by atoms with E-state index in [1.165, 1.54) is 44.9 Å². The zero-order chi connectivity index (χ0) is 10.9. The van der Waals surface area contributed by atoms with Gasteiger partial charge in [0.15, 0.2) is 0 Å². The van der Waals surface area contributed by atoms with Crippen LogP contribution in [0.3, 0.4) is 0 Å². The average Bonchev–Trinajstić information content (AvgIpc) is 2.29. The Bertz CT molecular complexity index is 147. The molecule has 1 aliphatic rings. The van der Waals surface area contributed by atoms with Gasteiger partial charge in [-0.25, -0.2) is 0 Å². The minimum absolute atomic E-state index is 0.514. The second-order valence-corrected chi connectivity index (χ2v) is 4.65. The summed E-state index contributed by atoms with van der Waals surface area (Å²) in [5.74, 6) is 6.41. The predicted octanol–water partition coefficient (Wildman–Crippen LogP) is 2.22. The lowest BCUT2D eigenvalue weighted by atomic mass is 9.90. The standard InChI is InChI=1S/C12H26N2O/c1-2-3-4-5-12(14-13)10-11-6-8-15-9-7-11/h11-12,14H,2-10,13H2,1H3. The Morgan fingerprint density at radius 1 is 1.33 bits per heavy atom. The molecule has 1 fully saturated rings. The molecule has 1 heterocycles. The van der Waals surface area contributed by atoms with Crippen molar-refractivity contribution in [3.8, 4) is 0 Å². The first-order chi connectivity index (χ1) is 7.36. The summed E-state index contributed by atoms with van der Waals surface area (Å²) in [5.41, 5.74) is 2.97. The Hall–Kier alpha value is -0.120. The van der Waals surface area contributed by atoms with Crippen LogP contribution in [0.5, 0.6) is 0 Å². The fourth-order valence-electron chi connectivity index (χ4n) is 2.29. The summed E-state index contributed by atoms with van der Waals surface area (Å²) in [7, 11) is 0. The maximum Gasteiger partial charge on any atom is 0.0468 e. The number of nitrogens with one attached hydrogen (secondary N) is 1. The highest BCUT2D eigenvalue weighted by atomic mass is 16.5. The van der Waals surface area contributed by atoms with E-state index in [1.807, 2.05) is 0 Å². The molecule has 1 aliphatic heterocycles. The summed E-state index contributed by atoms with van der Waals surface area (Å²) >= 11 is 0. The molecule has 3 N–H and O–H groups in total. The maximum absolute atomic E-state index is 5.59. The van der Waals surface area contributed by atoms with E-state index in [-0.39, 0.29) is 0 Å². The van der Waals surface area contributed by atoms with Gasteiger partial charge >= 0.3 is 0 Å². The van der Waals surface area contributed by atoms with Gasteiger partial charge in [0.1, 0.15) is 0 Å². The molecule has 15 heavy (non-hydrogen) atoms. The fourth-order valence-corrected chi connectivity index (χ4v) is 2.29. The number of unbranched alkanes of at least 4 members (excludes halogenated alkanes) is 2. The van der Waals surface area contributed by atoms with Gasteiger partial charge in [-0.3, -0.25) is 11.3 Å². The lowest BCUT2D eigenvalue weighted by Gasteiger charge is -2.26. The Morgan fingerprint density at radius 2 is 2.07 bits per heavy atom. The molecule has 0 aromatic heterocycles. The summed E-state index contributed by atoms with van der Waals surface area (Å²) < 4.78 is 5.36. The minimum atomic E-state index is 0.514. The first-order valence-electron chi connectivity index (χ1n) is 6.40. The van der Waals surface area contributed by atoms with Crippen LogP contribution in [0.15, 0.2) is 0 Å². The molecule has 0 amide bonds. The van der Waals surface area contributed by atoms with Crippen LogP contribution < -0.4 is 11.3 Å². The van der Waals surface area contributed by atoms with E-state index >= 15 is 0 Å². The van der Waals surface area contributed by atoms with Gasteiger partial charge in [0.25, 0.3) is 0 Å². The number of hydrogen-bond acceptors (Lipinski definition) is 3. The first-order valence-corrected chi connectivity index (χ1v) is 6.40. The number of hydrogen-bond donors (Lipinski definition) is 2. The summed E-state index contributed by atoms with van der Waals surface area (Å²) in [5, 5.41) is 0. The molecule has 0 saturated carbocycles. The molecule has 1 rings (SSSR count). The second-order valence-electron chi connectivity index (χ2n) is 4.65. The molecule has 0 aliphatic carbocycles. The van der Waals surface area contributed by atoms with E-state index in [1.54, 1.807) is 0 Å². The van der Waals surface area contributed by atoms with E-state index in [2.05, 4.69) is 12.3 Å². The number of nitrogens with two attached hydrogens (primary N) is 1. The van der Waals surface area contributed by atoms with Crippen LogP contribution in [0.25, 0.3) is 0 Å². The van der Waals surface area contributed by atoms with E-state index in [9.17, 15) is 0 Å². The third-order valence-electron chi connectivity index (χ3n) is 3.35. The molecule has 0 aromatic carbocycles. The van der Waals surface area contributed by atoms with Crippen molar-refractivity contribution in [3.05, 3.63) is 0 Å². The van der Waals surface area contributed by atoms with Crippen molar-refractivity contribution in [1.29, 1.82) is 0 Å². The molecule has 0 radical (unpaired) electrons. The maximum atomic E-state index is 5.59. The lowest BCUT2D eigenvalue weighted by molar-refractivity contribution is 0.0601. The van der Waals surface area contributed by atoms with Gasteiger partial charge in [0, 0.05) is 19.3 Å². The molecule has 0 bridgehead atoms. The van der Waals surface area contributed by atoms with E-state index in [0.717, 1.165) is 19.1 Å². The molecule has 3 heteroatoms. The zero-order valence-corrected chi connectivity index (χ0v) is 10.0. The van der Waals surface area contributed by atoms with Crippen molar-refractivity contribution >= 4 is 0 Å². The molecule has 1 saturated heterocycles. The monoisotopic (exact) mass is 214 g/mol. The summed E-state index contributed by atoms with van der Waals surface area (Å²) in [6.07, 6.45) is 8.79. The van der Waals surface area contributed by atoms with Crippen molar-refractivity contribution in [1.82, 2.24) is 5.43 Å². The van der Waals surface area contributed by atoms with Crippen molar-refractivity contribution < 1.29 is 4.74 Å². The number of hydrazine groups is 1. The molecule has 3 nitrogen and oxygen atoms in total. The second kappa shape index (κ2) is 8.08. The van der Waals surface area contributed by atoms with Crippen LogP contribution in [-0.2, 0) is 4.74 Å². The SMILES string of the molecule is CCCCCC(CC1CCOCC1)NN. The third-order valence-corrected chi connectivity index (χ3v) is 3.35. The highest BCUT2D eigenvalue weighted by Crippen LogP contribution is 2.21. The Kier molecular flexibility index (Phi) is 6.98. The largest absolute Gasteiger partial charge is 0.381 e. The van der Waals surface area contributed by atoms with Crippen LogP contribution in [0.2, 0.25) is 0 Å². The Labute approximate surface area is 93.7 Å². The van der Waals surface area contributed by atoms with Gasteiger partial charge in [-0.15, -0.1) is 0 Å². The van der Waals surface area contributed by atoms with Crippen molar-refractivity contribution in [2.45, 2.75) is 57.9 Å². The smallest absolute Gasteiger partial charge is 0.0468 e. The van der Waals surface area contributed by atoms with E-state index < -0.39 is 0 Å². The van der Waals surface area contributed by atoms with Crippen molar-refractivity contribution in [2.75, 3.05) is 13.2 Å². The van der Waals surface area contributed by atoms with Crippen molar-refractivity contribution in [3.63, 3.8) is 0 Å². The molecular formula is C12H26N2O. The van der Waals surface area contributed by atoms with Gasteiger partial charge in [-0.05, 0) is 31.6 Å². The summed E-state index contributed by atoms with van der Waals surface area (Å²) in [4.78, 5) is 0. The quantitative estimate of drug-likeness (QED) is 0.388. The van der Waals surface area contributed by atoms with Gasteiger partial charge in [0.05, 0.1) is 0 Å². The minimum Gasteiger partial charge on any atom is -0.381 e.